The molecule has 0 aliphatic carbocycles. The molecule has 77 valence electrons. The summed E-state index contributed by atoms with van der Waals surface area (Å²) in [5.74, 6) is -0.120. The fourth-order valence-electron chi connectivity index (χ4n) is 0.986. The quantitative estimate of drug-likeness (QED) is 0.801. The Morgan fingerprint density at radius 2 is 1.79 bits per heavy atom. The molecule has 0 spiro atoms. The van der Waals surface area contributed by atoms with Gasteiger partial charge in [-0.2, -0.15) is 0 Å². The van der Waals surface area contributed by atoms with Crippen molar-refractivity contribution in [3.8, 4) is 0 Å². The summed E-state index contributed by atoms with van der Waals surface area (Å²) in [5.41, 5.74) is 0.526. The van der Waals surface area contributed by atoms with E-state index in [1.807, 2.05) is 0 Å². The fourth-order valence-corrected chi connectivity index (χ4v) is 2.08. The molecule has 1 aromatic rings. The van der Waals surface area contributed by atoms with Crippen LogP contribution in [0.1, 0.15) is 6.42 Å². The van der Waals surface area contributed by atoms with Gasteiger partial charge in [-0.1, -0.05) is 18.2 Å². The summed E-state index contributed by atoms with van der Waals surface area (Å²) in [6.45, 7) is -0.365. The molecule has 0 fully saturated rings. The molecule has 0 heterocycles. The predicted molar refractivity (Wildman–Crippen MR) is 54.0 cm³/mol. The SMILES string of the molecule is [O]CCCS(=O)(=O)Nc1ccccc1. The summed E-state index contributed by atoms with van der Waals surface area (Å²) in [4.78, 5) is 0. The molecule has 1 aromatic carbocycles. The molecule has 0 atom stereocenters. The Labute approximate surface area is 83.6 Å². The molecule has 0 aliphatic rings. The third kappa shape index (κ3) is 3.76. The van der Waals surface area contributed by atoms with Gasteiger partial charge in [-0.05, 0) is 18.6 Å². The maximum Gasteiger partial charge on any atom is 0.232 e. The highest BCUT2D eigenvalue weighted by molar-refractivity contribution is 7.92. The summed E-state index contributed by atoms with van der Waals surface area (Å²) in [5, 5.41) is 10.1. The molecule has 5 heteroatoms. The van der Waals surface area contributed by atoms with Crippen molar-refractivity contribution < 1.29 is 13.5 Å². The average molecular weight is 214 g/mol. The Morgan fingerprint density at radius 3 is 2.36 bits per heavy atom. The highest BCUT2D eigenvalue weighted by Gasteiger charge is 2.08. The smallest absolute Gasteiger partial charge is 0.232 e. The van der Waals surface area contributed by atoms with E-state index in [0.29, 0.717) is 5.69 Å². The fraction of sp³-hybridized carbons (Fsp3) is 0.333. The molecule has 1 rings (SSSR count). The van der Waals surface area contributed by atoms with E-state index in [-0.39, 0.29) is 18.8 Å². The van der Waals surface area contributed by atoms with E-state index in [9.17, 15) is 13.5 Å². The van der Waals surface area contributed by atoms with Gasteiger partial charge in [0.2, 0.25) is 10.0 Å². The minimum atomic E-state index is -3.35. The van der Waals surface area contributed by atoms with E-state index in [2.05, 4.69) is 4.72 Å². The zero-order valence-electron chi connectivity index (χ0n) is 7.64. The highest BCUT2D eigenvalue weighted by Crippen LogP contribution is 2.08. The zero-order chi connectivity index (χ0) is 10.4. The maximum absolute atomic E-state index is 11.3. The molecule has 1 radical (unpaired) electrons. The van der Waals surface area contributed by atoms with Crippen molar-refractivity contribution >= 4 is 15.7 Å². The topological polar surface area (TPSA) is 66.1 Å². The predicted octanol–water partition coefficient (Wildman–Crippen LogP) is 1.25. The number of nitrogens with one attached hydrogen (secondary N) is 1. The number of para-hydroxylation sites is 1. The van der Waals surface area contributed by atoms with E-state index in [4.69, 9.17) is 0 Å². The average Bonchev–Trinajstić information content (AvgIpc) is 2.16. The van der Waals surface area contributed by atoms with Crippen LogP contribution >= 0.6 is 0 Å². The largest absolute Gasteiger partial charge is 0.284 e. The van der Waals surface area contributed by atoms with Gasteiger partial charge < -0.3 is 0 Å². The van der Waals surface area contributed by atoms with Gasteiger partial charge in [-0.3, -0.25) is 4.72 Å². The molecule has 4 nitrogen and oxygen atoms in total. The summed E-state index contributed by atoms with van der Waals surface area (Å²) in [6.07, 6.45) is 0.141. The van der Waals surface area contributed by atoms with Gasteiger partial charge in [0.25, 0.3) is 0 Å². The third-order valence-electron chi connectivity index (χ3n) is 1.60. The first-order valence-corrected chi connectivity index (χ1v) is 5.93. The van der Waals surface area contributed by atoms with Crippen LogP contribution in [-0.2, 0) is 15.1 Å². The zero-order valence-corrected chi connectivity index (χ0v) is 8.46. The molecule has 0 unspecified atom stereocenters. The van der Waals surface area contributed by atoms with Crippen LogP contribution < -0.4 is 4.72 Å². The van der Waals surface area contributed by atoms with Crippen molar-refractivity contribution in [3.63, 3.8) is 0 Å². The van der Waals surface area contributed by atoms with Crippen molar-refractivity contribution in [2.75, 3.05) is 17.1 Å². The first kappa shape index (κ1) is 11.0. The Bertz CT molecular complexity index is 361. The maximum atomic E-state index is 11.3. The number of hydrogen-bond donors (Lipinski definition) is 1. The van der Waals surface area contributed by atoms with E-state index in [1.165, 1.54) is 0 Å². The van der Waals surface area contributed by atoms with Crippen LogP contribution in [0.2, 0.25) is 0 Å². The standard InChI is InChI=1S/C9H12NO3S/c11-7-4-8-14(12,13)10-9-5-2-1-3-6-9/h1-3,5-6,10H,4,7-8H2. The van der Waals surface area contributed by atoms with Gasteiger partial charge in [0, 0.05) is 5.69 Å². The van der Waals surface area contributed by atoms with Crippen molar-refractivity contribution in [2.24, 2.45) is 0 Å². The highest BCUT2D eigenvalue weighted by atomic mass is 32.2. The van der Waals surface area contributed by atoms with Gasteiger partial charge in [0.15, 0.2) is 0 Å². The second kappa shape index (κ2) is 4.97. The number of anilines is 1. The number of sulfonamides is 1. The number of hydrogen-bond acceptors (Lipinski definition) is 2. The second-order valence-electron chi connectivity index (χ2n) is 2.84. The summed E-state index contributed by atoms with van der Waals surface area (Å²) < 4.78 is 25.0. The number of benzene rings is 1. The lowest BCUT2D eigenvalue weighted by atomic mass is 10.3. The van der Waals surface area contributed by atoms with Crippen molar-refractivity contribution in [2.45, 2.75) is 6.42 Å². The molecule has 14 heavy (non-hydrogen) atoms. The molecule has 0 saturated heterocycles. The normalized spacial score (nSPS) is 11.2. The molecule has 1 N–H and O–H groups in total. The van der Waals surface area contributed by atoms with Crippen LogP contribution in [0.4, 0.5) is 5.69 Å². The Balaban J connectivity index is 2.60. The summed E-state index contributed by atoms with van der Waals surface area (Å²) in [6, 6.07) is 8.61. The van der Waals surface area contributed by atoms with Crippen molar-refractivity contribution in [1.29, 1.82) is 0 Å². The second-order valence-corrected chi connectivity index (χ2v) is 4.69. The lowest BCUT2D eigenvalue weighted by Crippen LogP contribution is -2.17. The Hall–Kier alpha value is -1.07. The van der Waals surface area contributed by atoms with E-state index >= 15 is 0 Å². The minimum absolute atomic E-state index is 0.120. The minimum Gasteiger partial charge on any atom is -0.284 e. The van der Waals surface area contributed by atoms with Crippen molar-refractivity contribution in [1.82, 2.24) is 0 Å². The monoisotopic (exact) mass is 214 g/mol. The summed E-state index contributed by atoms with van der Waals surface area (Å²) in [7, 11) is -3.35. The molecular weight excluding hydrogens is 202 g/mol. The van der Waals surface area contributed by atoms with E-state index < -0.39 is 10.0 Å². The lowest BCUT2D eigenvalue weighted by molar-refractivity contribution is 0.194. The Kier molecular flexibility index (Phi) is 3.91. The third-order valence-corrected chi connectivity index (χ3v) is 2.98. The van der Waals surface area contributed by atoms with Gasteiger partial charge >= 0.3 is 0 Å². The molecule has 0 aliphatic heterocycles. The number of rotatable bonds is 5. The first-order valence-electron chi connectivity index (χ1n) is 4.28. The van der Waals surface area contributed by atoms with Crippen molar-refractivity contribution in [3.05, 3.63) is 30.3 Å². The van der Waals surface area contributed by atoms with Crippen LogP contribution in [0, 0.1) is 0 Å². The van der Waals surface area contributed by atoms with Crippen LogP contribution in [0.3, 0.4) is 0 Å². The van der Waals surface area contributed by atoms with Gasteiger partial charge in [-0.25, -0.2) is 13.5 Å². The molecule has 0 bridgehead atoms. The van der Waals surface area contributed by atoms with Crippen LogP contribution in [-0.4, -0.2) is 20.8 Å². The van der Waals surface area contributed by atoms with Crippen LogP contribution in [0.5, 0.6) is 0 Å². The van der Waals surface area contributed by atoms with Gasteiger partial charge in [0.05, 0.1) is 12.4 Å². The first-order chi connectivity index (χ1) is 6.64. The lowest BCUT2D eigenvalue weighted by Gasteiger charge is -2.06. The van der Waals surface area contributed by atoms with Crippen LogP contribution in [0.25, 0.3) is 0 Å². The molecule has 0 amide bonds. The van der Waals surface area contributed by atoms with Crippen LogP contribution in [0.15, 0.2) is 30.3 Å². The Morgan fingerprint density at radius 1 is 1.14 bits per heavy atom. The van der Waals surface area contributed by atoms with Gasteiger partial charge in [-0.15, -0.1) is 0 Å². The summed E-state index contributed by atoms with van der Waals surface area (Å²) >= 11 is 0. The molecular formula is C9H12NO3S. The van der Waals surface area contributed by atoms with E-state index in [1.54, 1.807) is 30.3 Å². The van der Waals surface area contributed by atoms with Gasteiger partial charge in [0.1, 0.15) is 0 Å². The van der Waals surface area contributed by atoms with E-state index in [0.717, 1.165) is 0 Å². The molecule has 0 saturated carbocycles. The molecule has 0 aromatic heterocycles.